The van der Waals surface area contributed by atoms with Crippen LogP contribution >= 0.6 is 0 Å². The highest BCUT2D eigenvalue weighted by Crippen LogP contribution is 2.15. The molecule has 0 atom stereocenters. The van der Waals surface area contributed by atoms with Gasteiger partial charge in [0.05, 0.1) is 6.20 Å². The molecule has 0 aliphatic heterocycles. The van der Waals surface area contributed by atoms with E-state index in [-0.39, 0.29) is 0 Å². The van der Waals surface area contributed by atoms with Gasteiger partial charge in [0.25, 0.3) is 0 Å². The van der Waals surface area contributed by atoms with Gasteiger partial charge >= 0.3 is 0 Å². The first-order valence-electron chi connectivity index (χ1n) is 3.27. The van der Waals surface area contributed by atoms with Gasteiger partial charge in [-0.15, -0.1) is 0 Å². The lowest BCUT2D eigenvalue weighted by Crippen LogP contribution is -1.71. The number of oxazole rings is 1. The Hall–Kier alpha value is -1.58. The highest BCUT2D eigenvalue weighted by atomic mass is 16.3. The predicted octanol–water partition coefficient (Wildman–Crippen LogP) is 1.37. The van der Waals surface area contributed by atoms with E-state index in [9.17, 15) is 0 Å². The number of aromatic nitrogens is 3. The standard InChI is InChI=1S/C7H7N3O/c1-5-2-6(10-9-5)7-3-8-4-11-7/h2-4H,1H3,(H,9,10). The van der Waals surface area contributed by atoms with Crippen molar-refractivity contribution in [3.05, 3.63) is 24.4 Å². The van der Waals surface area contributed by atoms with Crippen LogP contribution in [0.3, 0.4) is 0 Å². The van der Waals surface area contributed by atoms with Gasteiger partial charge in [-0.25, -0.2) is 4.98 Å². The molecule has 4 heteroatoms. The van der Waals surface area contributed by atoms with Crippen LogP contribution in [0.15, 0.2) is 23.1 Å². The van der Waals surface area contributed by atoms with Gasteiger partial charge in [-0.05, 0) is 13.0 Å². The third kappa shape index (κ3) is 1.02. The molecule has 2 aromatic rings. The number of aromatic amines is 1. The molecule has 0 spiro atoms. The summed E-state index contributed by atoms with van der Waals surface area (Å²) in [6.45, 7) is 1.94. The molecule has 0 fully saturated rings. The van der Waals surface area contributed by atoms with Crippen LogP contribution < -0.4 is 0 Å². The summed E-state index contributed by atoms with van der Waals surface area (Å²) in [4.78, 5) is 3.79. The first-order valence-corrected chi connectivity index (χ1v) is 3.27. The maximum atomic E-state index is 5.04. The molecule has 0 amide bonds. The van der Waals surface area contributed by atoms with Gasteiger partial charge < -0.3 is 4.42 Å². The Morgan fingerprint density at radius 3 is 3.00 bits per heavy atom. The molecule has 0 radical (unpaired) electrons. The monoisotopic (exact) mass is 149 g/mol. The molecular formula is C7H7N3O. The minimum absolute atomic E-state index is 0.689. The second-order valence-corrected chi connectivity index (χ2v) is 2.30. The number of aryl methyl sites for hydroxylation is 1. The number of nitrogens with zero attached hydrogens (tertiary/aromatic N) is 2. The molecule has 2 heterocycles. The highest BCUT2D eigenvalue weighted by molar-refractivity contribution is 5.50. The van der Waals surface area contributed by atoms with Gasteiger partial charge in [-0.3, -0.25) is 5.10 Å². The van der Waals surface area contributed by atoms with E-state index in [4.69, 9.17) is 4.42 Å². The summed E-state index contributed by atoms with van der Waals surface area (Å²) in [6.07, 6.45) is 3.02. The Morgan fingerprint density at radius 2 is 2.45 bits per heavy atom. The van der Waals surface area contributed by atoms with Crippen molar-refractivity contribution in [2.75, 3.05) is 0 Å². The van der Waals surface area contributed by atoms with E-state index in [1.807, 2.05) is 13.0 Å². The van der Waals surface area contributed by atoms with Gasteiger partial charge in [-0.1, -0.05) is 0 Å². The maximum absolute atomic E-state index is 5.04. The van der Waals surface area contributed by atoms with E-state index in [1.54, 1.807) is 6.20 Å². The van der Waals surface area contributed by atoms with E-state index >= 15 is 0 Å². The lowest BCUT2D eigenvalue weighted by molar-refractivity contribution is 0.569. The summed E-state index contributed by atoms with van der Waals surface area (Å²) in [5, 5.41) is 6.82. The maximum Gasteiger partial charge on any atom is 0.181 e. The summed E-state index contributed by atoms with van der Waals surface area (Å²) in [7, 11) is 0. The summed E-state index contributed by atoms with van der Waals surface area (Å²) in [5.74, 6) is 0.689. The normalized spacial score (nSPS) is 10.3. The van der Waals surface area contributed by atoms with Crippen molar-refractivity contribution in [3.63, 3.8) is 0 Å². The van der Waals surface area contributed by atoms with Gasteiger partial charge in [-0.2, -0.15) is 5.10 Å². The third-order valence-corrected chi connectivity index (χ3v) is 1.39. The lowest BCUT2D eigenvalue weighted by Gasteiger charge is -1.82. The lowest BCUT2D eigenvalue weighted by atomic mass is 10.3. The van der Waals surface area contributed by atoms with E-state index in [1.165, 1.54) is 6.39 Å². The summed E-state index contributed by atoms with van der Waals surface area (Å²) >= 11 is 0. The Bertz CT molecular complexity index is 336. The van der Waals surface area contributed by atoms with Crippen LogP contribution in [0.1, 0.15) is 5.69 Å². The van der Waals surface area contributed by atoms with Gasteiger partial charge in [0.2, 0.25) is 0 Å². The van der Waals surface area contributed by atoms with Gasteiger partial charge in [0.1, 0.15) is 5.69 Å². The number of H-pyrrole nitrogens is 1. The minimum Gasteiger partial charge on any atom is -0.442 e. The fourth-order valence-electron chi connectivity index (χ4n) is 0.887. The molecule has 2 aromatic heterocycles. The van der Waals surface area contributed by atoms with E-state index in [0.29, 0.717) is 5.76 Å². The van der Waals surface area contributed by atoms with Crippen molar-refractivity contribution < 1.29 is 4.42 Å². The predicted molar refractivity (Wildman–Crippen MR) is 38.8 cm³/mol. The Labute approximate surface area is 63.3 Å². The van der Waals surface area contributed by atoms with Gasteiger partial charge in [0.15, 0.2) is 12.2 Å². The number of hydrogen-bond acceptors (Lipinski definition) is 3. The Morgan fingerprint density at radius 1 is 1.55 bits per heavy atom. The molecule has 0 aromatic carbocycles. The van der Waals surface area contributed by atoms with Crippen molar-refractivity contribution in [1.82, 2.24) is 15.2 Å². The van der Waals surface area contributed by atoms with E-state index < -0.39 is 0 Å². The average molecular weight is 149 g/mol. The summed E-state index contributed by atoms with van der Waals surface area (Å²) in [6, 6.07) is 1.90. The second-order valence-electron chi connectivity index (χ2n) is 2.30. The second kappa shape index (κ2) is 2.23. The largest absolute Gasteiger partial charge is 0.442 e. The topological polar surface area (TPSA) is 54.7 Å². The van der Waals surface area contributed by atoms with Crippen LogP contribution in [-0.4, -0.2) is 15.2 Å². The number of nitrogens with one attached hydrogen (secondary N) is 1. The zero-order chi connectivity index (χ0) is 7.68. The van der Waals surface area contributed by atoms with Gasteiger partial charge in [0, 0.05) is 5.69 Å². The highest BCUT2D eigenvalue weighted by Gasteiger charge is 2.03. The fourth-order valence-corrected chi connectivity index (χ4v) is 0.887. The van der Waals surface area contributed by atoms with Crippen molar-refractivity contribution in [1.29, 1.82) is 0 Å². The van der Waals surface area contributed by atoms with Crippen LogP contribution in [0.2, 0.25) is 0 Å². The van der Waals surface area contributed by atoms with Crippen LogP contribution in [0.25, 0.3) is 11.5 Å². The molecule has 0 saturated heterocycles. The van der Waals surface area contributed by atoms with Crippen LogP contribution in [0.5, 0.6) is 0 Å². The molecule has 0 unspecified atom stereocenters. The van der Waals surface area contributed by atoms with Crippen LogP contribution in [0, 0.1) is 6.92 Å². The third-order valence-electron chi connectivity index (χ3n) is 1.39. The Balaban J connectivity index is 2.45. The van der Waals surface area contributed by atoms with Crippen LogP contribution in [-0.2, 0) is 0 Å². The minimum atomic E-state index is 0.689. The first-order chi connectivity index (χ1) is 5.36. The van der Waals surface area contributed by atoms with Crippen molar-refractivity contribution >= 4 is 0 Å². The molecule has 2 rings (SSSR count). The molecule has 11 heavy (non-hydrogen) atoms. The first kappa shape index (κ1) is 6.15. The summed E-state index contributed by atoms with van der Waals surface area (Å²) < 4.78 is 5.04. The Kier molecular flexibility index (Phi) is 1.25. The SMILES string of the molecule is Cc1cc(-c2cnco2)n[nH]1. The fraction of sp³-hybridized carbons (Fsp3) is 0.143. The molecule has 56 valence electrons. The molecule has 0 aliphatic rings. The van der Waals surface area contributed by atoms with Crippen molar-refractivity contribution in [3.8, 4) is 11.5 Å². The van der Waals surface area contributed by atoms with Crippen LogP contribution in [0.4, 0.5) is 0 Å². The molecule has 4 nitrogen and oxygen atoms in total. The number of hydrogen-bond donors (Lipinski definition) is 1. The average Bonchev–Trinajstić information content (AvgIpc) is 2.55. The molecule has 0 bridgehead atoms. The summed E-state index contributed by atoms with van der Waals surface area (Å²) in [5.41, 5.74) is 1.80. The quantitative estimate of drug-likeness (QED) is 0.666. The zero-order valence-electron chi connectivity index (χ0n) is 6.03. The zero-order valence-corrected chi connectivity index (χ0v) is 6.03. The number of rotatable bonds is 1. The molecule has 0 aliphatic carbocycles. The van der Waals surface area contributed by atoms with Crippen molar-refractivity contribution in [2.24, 2.45) is 0 Å². The van der Waals surface area contributed by atoms with E-state index in [2.05, 4.69) is 15.2 Å². The smallest absolute Gasteiger partial charge is 0.181 e. The molecular weight excluding hydrogens is 142 g/mol. The molecule has 1 N–H and O–H groups in total. The molecule has 0 saturated carbocycles. The van der Waals surface area contributed by atoms with Crippen molar-refractivity contribution in [2.45, 2.75) is 6.92 Å². The van der Waals surface area contributed by atoms with E-state index in [0.717, 1.165) is 11.4 Å².